The third-order valence-corrected chi connectivity index (χ3v) is 5.09. The predicted octanol–water partition coefficient (Wildman–Crippen LogP) is 3.62. The first-order valence-electron chi connectivity index (χ1n) is 6.54. The van der Waals surface area contributed by atoms with Crippen LogP contribution in [0.3, 0.4) is 0 Å². The molecule has 1 aromatic rings. The first-order valence-corrected chi connectivity index (χ1v) is 8.58. The molecule has 2 aliphatic rings. The standard InChI is InChI=1S/C15H14N2O2S2/c1-3-17-10-6-4-5-7-11(10)19-13(17)9-8-12-14(18)16-15(20-2)21-12/h4-9H,3H2,1-2H3. The highest BCUT2D eigenvalue weighted by atomic mass is 32.2. The van der Waals surface area contributed by atoms with Crippen LogP contribution < -0.4 is 9.64 Å². The van der Waals surface area contributed by atoms with Crippen molar-refractivity contribution in [3.8, 4) is 5.75 Å². The van der Waals surface area contributed by atoms with E-state index in [1.54, 1.807) is 6.08 Å². The zero-order chi connectivity index (χ0) is 14.8. The first-order chi connectivity index (χ1) is 10.2. The molecule has 0 aromatic heterocycles. The van der Waals surface area contributed by atoms with Gasteiger partial charge in [-0.1, -0.05) is 23.9 Å². The Kier molecular flexibility index (Phi) is 4.07. The number of thioether (sulfide) groups is 2. The van der Waals surface area contributed by atoms with Crippen LogP contribution in [0.15, 0.2) is 52.2 Å². The quantitative estimate of drug-likeness (QED) is 0.779. The molecular weight excluding hydrogens is 304 g/mol. The summed E-state index contributed by atoms with van der Waals surface area (Å²) in [6.45, 7) is 2.87. The van der Waals surface area contributed by atoms with Gasteiger partial charge in [-0.3, -0.25) is 4.79 Å². The van der Waals surface area contributed by atoms with E-state index in [-0.39, 0.29) is 5.91 Å². The van der Waals surface area contributed by atoms with Crippen LogP contribution in [-0.4, -0.2) is 23.1 Å². The van der Waals surface area contributed by atoms with Crippen molar-refractivity contribution in [2.75, 3.05) is 17.7 Å². The molecule has 4 nitrogen and oxygen atoms in total. The van der Waals surface area contributed by atoms with Crippen molar-refractivity contribution in [1.29, 1.82) is 0 Å². The van der Waals surface area contributed by atoms with E-state index in [2.05, 4.69) is 16.8 Å². The normalized spacial score (nSPS) is 21.0. The van der Waals surface area contributed by atoms with Crippen LogP contribution in [-0.2, 0) is 4.79 Å². The van der Waals surface area contributed by atoms with Gasteiger partial charge in [-0.25, -0.2) is 0 Å². The molecule has 0 saturated carbocycles. The number of allylic oxidation sites excluding steroid dienone is 2. The molecule has 0 atom stereocenters. The molecule has 3 rings (SSSR count). The van der Waals surface area contributed by atoms with Crippen molar-refractivity contribution >= 4 is 39.5 Å². The van der Waals surface area contributed by atoms with Gasteiger partial charge in [-0.15, -0.1) is 11.8 Å². The second-order valence-electron chi connectivity index (χ2n) is 4.34. The Hall–Kier alpha value is -1.66. The topological polar surface area (TPSA) is 41.9 Å². The van der Waals surface area contributed by atoms with Crippen molar-refractivity contribution in [3.05, 3.63) is 47.2 Å². The van der Waals surface area contributed by atoms with E-state index in [4.69, 9.17) is 4.74 Å². The average molecular weight is 318 g/mol. The van der Waals surface area contributed by atoms with Gasteiger partial charge in [-0.05, 0) is 31.4 Å². The summed E-state index contributed by atoms with van der Waals surface area (Å²) in [7, 11) is 0. The number of nitrogens with zero attached hydrogens (tertiary/aromatic N) is 2. The van der Waals surface area contributed by atoms with E-state index in [0.717, 1.165) is 28.2 Å². The summed E-state index contributed by atoms with van der Waals surface area (Å²) in [5, 5.41) is 0. The molecule has 2 heterocycles. The summed E-state index contributed by atoms with van der Waals surface area (Å²) in [4.78, 5) is 18.4. The number of fused-ring (bicyclic) bond motifs is 1. The fourth-order valence-electron chi connectivity index (χ4n) is 2.14. The lowest BCUT2D eigenvalue weighted by Crippen LogP contribution is -2.19. The lowest BCUT2D eigenvalue weighted by Gasteiger charge is -2.14. The Balaban J connectivity index is 1.84. The third-order valence-electron chi connectivity index (χ3n) is 3.11. The molecule has 0 radical (unpaired) electrons. The number of hydrogen-bond donors (Lipinski definition) is 0. The number of para-hydroxylation sites is 2. The second-order valence-corrected chi connectivity index (χ2v) is 6.42. The summed E-state index contributed by atoms with van der Waals surface area (Å²) in [5.74, 6) is 1.40. The molecule has 0 spiro atoms. The minimum Gasteiger partial charge on any atom is -0.439 e. The van der Waals surface area contributed by atoms with E-state index in [9.17, 15) is 4.79 Å². The van der Waals surface area contributed by atoms with Gasteiger partial charge in [0.2, 0.25) is 5.88 Å². The first kappa shape index (κ1) is 14.3. The van der Waals surface area contributed by atoms with Crippen LogP contribution in [0, 0.1) is 0 Å². The van der Waals surface area contributed by atoms with Crippen LogP contribution in [0.1, 0.15) is 6.92 Å². The Bertz CT molecular complexity index is 680. The minimum absolute atomic E-state index is 0.181. The number of aliphatic imine (C=N–C) groups is 1. The molecule has 0 aliphatic carbocycles. The van der Waals surface area contributed by atoms with E-state index in [1.807, 2.05) is 36.6 Å². The fraction of sp³-hybridized carbons (Fsp3) is 0.200. The summed E-state index contributed by atoms with van der Waals surface area (Å²) < 4.78 is 6.62. The van der Waals surface area contributed by atoms with Crippen molar-refractivity contribution in [2.45, 2.75) is 6.92 Å². The Morgan fingerprint density at radius 1 is 1.38 bits per heavy atom. The molecule has 0 unspecified atom stereocenters. The van der Waals surface area contributed by atoms with E-state index < -0.39 is 0 Å². The Labute approximate surface area is 132 Å². The number of hydrogen-bond acceptors (Lipinski definition) is 5. The maximum Gasteiger partial charge on any atom is 0.285 e. The molecule has 0 bridgehead atoms. The van der Waals surface area contributed by atoms with Crippen LogP contribution >= 0.6 is 23.5 Å². The highest BCUT2D eigenvalue weighted by Gasteiger charge is 2.25. The van der Waals surface area contributed by atoms with Gasteiger partial charge in [0.25, 0.3) is 5.91 Å². The lowest BCUT2D eigenvalue weighted by molar-refractivity contribution is -0.113. The highest BCUT2D eigenvalue weighted by molar-refractivity contribution is 8.40. The lowest BCUT2D eigenvalue weighted by atomic mass is 10.3. The summed E-state index contributed by atoms with van der Waals surface area (Å²) in [6.07, 6.45) is 5.53. The molecular formula is C15H14N2O2S2. The molecule has 2 aliphatic heterocycles. The fourth-order valence-corrected chi connectivity index (χ4v) is 3.50. The molecule has 1 amide bonds. The molecule has 0 N–H and O–H groups in total. The van der Waals surface area contributed by atoms with Crippen molar-refractivity contribution in [3.63, 3.8) is 0 Å². The number of rotatable bonds is 2. The Morgan fingerprint density at radius 3 is 2.90 bits per heavy atom. The average Bonchev–Trinajstić information content (AvgIpc) is 3.04. The molecule has 108 valence electrons. The van der Waals surface area contributed by atoms with Crippen LogP contribution in [0.5, 0.6) is 5.75 Å². The molecule has 1 aromatic carbocycles. The highest BCUT2D eigenvalue weighted by Crippen LogP contribution is 2.38. The molecule has 0 fully saturated rings. The van der Waals surface area contributed by atoms with Gasteiger partial charge >= 0.3 is 0 Å². The van der Waals surface area contributed by atoms with E-state index in [0.29, 0.717) is 4.91 Å². The summed E-state index contributed by atoms with van der Waals surface area (Å²) in [6, 6.07) is 7.90. The van der Waals surface area contributed by atoms with Crippen molar-refractivity contribution in [1.82, 2.24) is 0 Å². The number of anilines is 1. The summed E-state index contributed by atoms with van der Waals surface area (Å²) >= 11 is 2.88. The minimum atomic E-state index is -0.181. The van der Waals surface area contributed by atoms with E-state index >= 15 is 0 Å². The summed E-state index contributed by atoms with van der Waals surface area (Å²) in [5.41, 5.74) is 1.05. The van der Waals surface area contributed by atoms with Crippen LogP contribution in [0.4, 0.5) is 5.69 Å². The number of carbonyl (C=O) groups is 1. The van der Waals surface area contributed by atoms with Gasteiger partial charge in [0, 0.05) is 12.6 Å². The molecule has 21 heavy (non-hydrogen) atoms. The SMILES string of the molecule is CCN1C(=CC=C2SC(SC)=NC2=O)Oc2ccccc21. The van der Waals surface area contributed by atoms with Gasteiger partial charge in [0.1, 0.15) is 4.38 Å². The second kappa shape index (κ2) is 5.99. The monoisotopic (exact) mass is 318 g/mol. The van der Waals surface area contributed by atoms with Crippen molar-refractivity contribution in [2.24, 2.45) is 4.99 Å². The number of benzene rings is 1. The smallest absolute Gasteiger partial charge is 0.285 e. The maximum absolute atomic E-state index is 11.7. The number of amides is 1. The van der Waals surface area contributed by atoms with Gasteiger partial charge in [0.15, 0.2) is 5.75 Å². The van der Waals surface area contributed by atoms with Gasteiger partial charge < -0.3 is 9.64 Å². The largest absolute Gasteiger partial charge is 0.439 e. The Morgan fingerprint density at radius 2 is 2.19 bits per heavy atom. The number of ether oxygens (including phenoxy) is 1. The molecule has 6 heteroatoms. The van der Waals surface area contributed by atoms with Crippen LogP contribution in [0.25, 0.3) is 0 Å². The third kappa shape index (κ3) is 2.73. The van der Waals surface area contributed by atoms with Crippen LogP contribution in [0.2, 0.25) is 0 Å². The van der Waals surface area contributed by atoms with Gasteiger partial charge in [0.05, 0.1) is 10.6 Å². The zero-order valence-electron chi connectivity index (χ0n) is 11.7. The van der Waals surface area contributed by atoms with Gasteiger partial charge in [-0.2, -0.15) is 4.99 Å². The predicted molar refractivity (Wildman–Crippen MR) is 89.8 cm³/mol. The molecule has 0 saturated heterocycles. The van der Waals surface area contributed by atoms with E-state index in [1.165, 1.54) is 23.5 Å². The number of carbonyl (C=O) groups excluding carboxylic acids is 1. The maximum atomic E-state index is 11.7. The zero-order valence-corrected chi connectivity index (χ0v) is 13.3. The van der Waals surface area contributed by atoms with Crippen molar-refractivity contribution < 1.29 is 9.53 Å².